The van der Waals surface area contributed by atoms with Crippen LogP contribution in [0.5, 0.6) is 0 Å². The third kappa shape index (κ3) is 7.17. The minimum Gasteiger partial charge on any atom is -0.550 e. The van der Waals surface area contributed by atoms with Crippen LogP contribution in [0.1, 0.15) is 31.2 Å². The second-order valence-corrected chi connectivity index (χ2v) is 4.53. The number of aliphatic carboxylic acids is 1. The highest BCUT2D eigenvalue weighted by Gasteiger charge is 2.09. The molecule has 1 atom stereocenters. The Morgan fingerprint density at radius 2 is 2.26 bits per heavy atom. The Morgan fingerprint density at radius 3 is 2.89 bits per heavy atom. The maximum atomic E-state index is 10.3. The van der Waals surface area contributed by atoms with Gasteiger partial charge in [-0.25, -0.2) is 0 Å². The molecule has 0 aliphatic rings. The lowest BCUT2D eigenvalue weighted by atomic mass is 10.2. The molecule has 0 aliphatic carbocycles. The van der Waals surface area contributed by atoms with Crippen LogP contribution in [0.15, 0.2) is 24.5 Å². The molecule has 1 N–H and O–H groups in total. The van der Waals surface area contributed by atoms with Crippen LogP contribution in [-0.4, -0.2) is 24.0 Å². The maximum absolute atomic E-state index is 10.3. The van der Waals surface area contributed by atoms with Gasteiger partial charge < -0.3 is 14.8 Å². The highest BCUT2D eigenvalue weighted by molar-refractivity contribution is 5.64. The summed E-state index contributed by atoms with van der Waals surface area (Å²) in [5.41, 5.74) is 1.13. The predicted octanol–water partition coefficient (Wildman–Crippen LogP) is -0.700. The molecule has 5 nitrogen and oxygen atoms in total. The smallest absolute Gasteiger partial charge is 0.104 e. The highest BCUT2D eigenvalue weighted by atomic mass is 16.4. The largest absolute Gasteiger partial charge is 0.550 e. The second-order valence-electron chi connectivity index (χ2n) is 4.53. The molecule has 0 aromatic carbocycles. The number of carbonyl (C=O) groups is 1. The molecule has 0 amide bonds. The first-order valence-electron chi connectivity index (χ1n) is 6.51. The van der Waals surface area contributed by atoms with Gasteiger partial charge in [0.1, 0.15) is 6.54 Å². The van der Waals surface area contributed by atoms with Crippen molar-refractivity contribution in [3.63, 3.8) is 0 Å². The fourth-order valence-electron chi connectivity index (χ4n) is 1.97. The molecule has 0 saturated carbocycles. The molecule has 1 rings (SSSR count). The summed E-state index contributed by atoms with van der Waals surface area (Å²) in [6.07, 6.45) is 5.64. The topological polar surface area (TPSA) is 81.2 Å². The number of carboxylic acids is 1. The maximum Gasteiger partial charge on any atom is 0.104 e. The van der Waals surface area contributed by atoms with E-state index in [9.17, 15) is 9.90 Å². The Morgan fingerprint density at radius 1 is 1.42 bits per heavy atom. The summed E-state index contributed by atoms with van der Waals surface area (Å²) in [4.78, 5) is 15.7. The first kappa shape index (κ1) is 15.1. The molecule has 0 saturated heterocycles. The number of carboxylic acid groups (broad SMARTS) is 1. The van der Waals surface area contributed by atoms with Gasteiger partial charge in [-0.05, 0) is 25.3 Å². The van der Waals surface area contributed by atoms with Crippen LogP contribution >= 0.6 is 0 Å². The van der Waals surface area contributed by atoms with Crippen molar-refractivity contribution in [2.24, 2.45) is 0 Å². The molecule has 1 aromatic rings. The zero-order valence-electron chi connectivity index (χ0n) is 11.0. The number of hydrogen-bond donors (Lipinski definition) is 1. The molecule has 0 radical (unpaired) electrons. The third-order valence-electron chi connectivity index (χ3n) is 2.93. The van der Waals surface area contributed by atoms with Gasteiger partial charge in [0.05, 0.1) is 25.6 Å². The van der Waals surface area contributed by atoms with Crippen LogP contribution in [0.25, 0.3) is 0 Å². The Balaban J connectivity index is 2.38. The number of aromatic nitrogens is 1. The van der Waals surface area contributed by atoms with Crippen molar-refractivity contribution in [3.8, 4) is 6.07 Å². The van der Waals surface area contributed by atoms with Crippen LogP contribution in [-0.2, 0) is 11.3 Å². The van der Waals surface area contributed by atoms with E-state index >= 15 is 0 Å². The lowest BCUT2D eigenvalue weighted by Crippen LogP contribution is -3.10. The quantitative estimate of drug-likeness (QED) is 0.596. The fraction of sp³-hybridized carbons (Fsp3) is 0.500. The minimum atomic E-state index is -0.995. The van der Waals surface area contributed by atoms with Gasteiger partial charge in [0.25, 0.3) is 0 Å². The molecular weight excluding hydrogens is 242 g/mol. The van der Waals surface area contributed by atoms with Gasteiger partial charge in [-0.3, -0.25) is 4.98 Å². The van der Waals surface area contributed by atoms with E-state index in [-0.39, 0.29) is 6.42 Å². The van der Waals surface area contributed by atoms with Crippen LogP contribution in [0.3, 0.4) is 0 Å². The number of carbonyl (C=O) groups excluding carboxylic acids is 1. The van der Waals surface area contributed by atoms with Crippen LogP contribution < -0.4 is 10.0 Å². The van der Waals surface area contributed by atoms with Crippen molar-refractivity contribution in [1.29, 1.82) is 5.26 Å². The van der Waals surface area contributed by atoms with Crippen molar-refractivity contribution < 1.29 is 14.8 Å². The standard InChI is InChI=1S/C14H19N3O2/c15-7-4-10-17(9-2-1-6-14(18)19)12-13-5-3-8-16-11-13/h3,5,8,11H,1-2,4,6,9-10,12H2,(H,18,19). The van der Waals surface area contributed by atoms with Gasteiger partial charge in [-0.1, -0.05) is 6.07 Å². The number of pyridine rings is 1. The first-order chi connectivity index (χ1) is 9.22. The third-order valence-corrected chi connectivity index (χ3v) is 2.93. The number of nitrogens with one attached hydrogen (secondary N) is 1. The number of rotatable bonds is 9. The average Bonchev–Trinajstić information content (AvgIpc) is 2.41. The van der Waals surface area contributed by atoms with Crippen LogP contribution in [0.4, 0.5) is 0 Å². The number of quaternary nitrogens is 1. The molecule has 102 valence electrons. The number of unbranched alkanes of at least 4 members (excludes halogenated alkanes) is 1. The predicted molar refractivity (Wildman–Crippen MR) is 67.7 cm³/mol. The van der Waals surface area contributed by atoms with E-state index in [2.05, 4.69) is 11.1 Å². The van der Waals surface area contributed by atoms with E-state index in [0.717, 1.165) is 31.6 Å². The van der Waals surface area contributed by atoms with E-state index in [1.165, 1.54) is 4.90 Å². The molecule has 5 heteroatoms. The Hall–Kier alpha value is -1.93. The van der Waals surface area contributed by atoms with Crippen molar-refractivity contribution >= 4 is 5.97 Å². The lowest BCUT2D eigenvalue weighted by Gasteiger charge is -2.18. The summed E-state index contributed by atoms with van der Waals surface area (Å²) < 4.78 is 0. The summed E-state index contributed by atoms with van der Waals surface area (Å²) in [5, 5.41) is 19.0. The van der Waals surface area contributed by atoms with E-state index in [1.54, 1.807) is 6.20 Å². The molecule has 0 aliphatic heterocycles. The van der Waals surface area contributed by atoms with Gasteiger partial charge >= 0.3 is 0 Å². The molecule has 1 heterocycles. The summed E-state index contributed by atoms with van der Waals surface area (Å²) in [7, 11) is 0. The molecular formula is C14H19N3O2. The SMILES string of the molecule is N#CCC[NH+](CCCCC(=O)[O-])Cc1cccnc1. The summed E-state index contributed by atoms with van der Waals surface area (Å²) >= 11 is 0. The lowest BCUT2D eigenvalue weighted by molar-refractivity contribution is -0.913. The summed E-state index contributed by atoms with van der Waals surface area (Å²) in [6.45, 7) is 2.46. The summed E-state index contributed by atoms with van der Waals surface area (Å²) in [5.74, 6) is -0.995. The van der Waals surface area contributed by atoms with Gasteiger partial charge in [-0.15, -0.1) is 0 Å². The van der Waals surface area contributed by atoms with E-state index in [0.29, 0.717) is 12.8 Å². The fourth-order valence-corrected chi connectivity index (χ4v) is 1.97. The van der Waals surface area contributed by atoms with Gasteiger partial charge in [-0.2, -0.15) is 5.26 Å². The monoisotopic (exact) mass is 261 g/mol. The Labute approximate surface area is 113 Å². The zero-order valence-corrected chi connectivity index (χ0v) is 11.0. The molecule has 0 fully saturated rings. The van der Waals surface area contributed by atoms with Crippen molar-refractivity contribution in [2.45, 2.75) is 32.2 Å². The Kier molecular flexibility index (Phi) is 7.21. The Bertz CT molecular complexity index is 414. The molecule has 0 bridgehead atoms. The minimum absolute atomic E-state index is 0.110. The molecule has 0 spiro atoms. The molecule has 19 heavy (non-hydrogen) atoms. The van der Waals surface area contributed by atoms with Crippen molar-refractivity contribution in [2.75, 3.05) is 13.1 Å². The van der Waals surface area contributed by atoms with Crippen LogP contribution in [0.2, 0.25) is 0 Å². The van der Waals surface area contributed by atoms with Crippen molar-refractivity contribution in [1.82, 2.24) is 4.98 Å². The second kappa shape index (κ2) is 9.06. The van der Waals surface area contributed by atoms with E-state index < -0.39 is 5.97 Å². The molecule has 1 aromatic heterocycles. The zero-order chi connectivity index (χ0) is 13.9. The van der Waals surface area contributed by atoms with Crippen LogP contribution in [0, 0.1) is 11.3 Å². The summed E-state index contributed by atoms with van der Waals surface area (Å²) in [6, 6.07) is 6.06. The first-order valence-corrected chi connectivity index (χ1v) is 6.51. The highest BCUT2D eigenvalue weighted by Crippen LogP contribution is 1.94. The average molecular weight is 261 g/mol. The number of nitriles is 1. The van der Waals surface area contributed by atoms with Gasteiger partial charge in [0.15, 0.2) is 0 Å². The van der Waals surface area contributed by atoms with Gasteiger partial charge in [0, 0.05) is 23.9 Å². The number of hydrogen-bond acceptors (Lipinski definition) is 4. The van der Waals surface area contributed by atoms with E-state index in [4.69, 9.17) is 5.26 Å². The van der Waals surface area contributed by atoms with Gasteiger partial charge in [0.2, 0.25) is 0 Å². The van der Waals surface area contributed by atoms with E-state index in [1.807, 2.05) is 18.3 Å². The number of nitrogens with zero attached hydrogens (tertiary/aromatic N) is 2. The normalized spacial score (nSPS) is 11.7. The van der Waals surface area contributed by atoms with Crippen molar-refractivity contribution in [3.05, 3.63) is 30.1 Å². The molecule has 1 unspecified atom stereocenters.